The summed E-state index contributed by atoms with van der Waals surface area (Å²) >= 11 is 0. The molecule has 11 heteroatoms. The molecular weight excluding hydrogens is 535 g/mol. The maximum absolute atomic E-state index is 13.4. The SMILES string of the molecule is COCCN(Cc1ccc(OC)c(OS(=O)(=O)c2cccc(C(F)(F)F)c2)c1)C(=O)[C@H]1C[C@H]1c1ccccc1. The van der Waals surface area contributed by atoms with Gasteiger partial charge in [-0.2, -0.15) is 21.6 Å². The molecule has 0 unspecified atom stereocenters. The molecule has 0 heterocycles. The first kappa shape index (κ1) is 28.4. The van der Waals surface area contributed by atoms with Crippen molar-refractivity contribution < 1.29 is 40.0 Å². The van der Waals surface area contributed by atoms with Crippen molar-refractivity contribution in [2.24, 2.45) is 5.92 Å². The molecule has 3 aromatic carbocycles. The van der Waals surface area contributed by atoms with Crippen LogP contribution in [-0.2, 0) is 32.4 Å². The van der Waals surface area contributed by atoms with E-state index in [2.05, 4.69) is 0 Å². The first-order valence-electron chi connectivity index (χ1n) is 12.1. The van der Waals surface area contributed by atoms with Crippen LogP contribution in [0.4, 0.5) is 13.2 Å². The zero-order valence-corrected chi connectivity index (χ0v) is 22.2. The number of halogens is 3. The highest BCUT2D eigenvalue weighted by atomic mass is 32.2. The molecule has 0 spiro atoms. The topological polar surface area (TPSA) is 82.1 Å². The van der Waals surface area contributed by atoms with Crippen LogP contribution in [0.1, 0.15) is 29.0 Å². The smallest absolute Gasteiger partial charge is 0.416 e. The van der Waals surface area contributed by atoms with E-state index in [0.29, 0.717) is 24.8 Å². The van der Waals surface area contributed by atoms with E-state index < -0.39 is 26.8 Å². The lowest BCUT2D eigenvalue weighted by Crippen LogP contribution is -2.35. The summed E-state index contributed by atoms with van der Waals surface area (Å²) in [6, 6.07) is 17.6. The number of benzene rings is 3. The zero-order chi connectivity index (χ0) is 28.2. The Morgan fingerprint density at radius 2 is 1.72 bits per heavy atom. The Balaban J connectivity index is 1.55. The number of hydrogen-bond acceptors (Lipinski definition) is 6. The third-order valence-corrected chi connectivity index (χ3v) is 7.69. The molecule has 1 aliphatic rings. The van der Waals surface area contributed by atoms with Gasteiger partial charge in [0.05, 0.1) is 19.3 Å². The van der Waals surface area contributed by atoms with Gasteiger partial charge in [-0.05, 0) is 53.8 Å². The van der Waals surface area contributed by atoms with Crippen molar-refractivity contribution in [2.75, 3.05) is 27.4 Å². The molecule has 0 aliphatic heterocycles. The number of carbonyl (C=O) groups is 1. The maximum Gasteiger partial charge on any atom is 0.416 e. The molecule has 1 saturated carbocycles. The Morgan fingerprint density at radius 3 is 2.38 bits per heavy atom. The monoisotopic (exact) mass is 563 g/mol. The van der Waals surface area contributed by atoms with Gasteiger partial charge in [-0.15, -0.1) is 0 Å². The summed E-state index contributed by atoms with van der Waals surface area (Å²) in [5.41, 5.74) is 0.531. The van der Waals surface area contributed by atoms with E-state index in [9.17, 15) is 26.4 Å². The Kier molecular flexibility index (Phi) is 8.51. The minimum Gasteiger partial charge on any atom is -0.493 e. The van der Waals surface area contributed by atoms with E-state index in [1.54, 1.807) is 11.0 Å². The molecule has 0 aromatic heterocycles. The lowest BCUT2D eigenvalue weighted by Gasteiger charge is -2.23. The van der Waals surface area contributed by atoms with Gasteiger partial charge in [0, 0.05) is 26.1 Å². The number of hydrogen-bond donors (Lipinski definition) is 0. The van der Waals surface area contributed by atoms with Crippen molar-refractivity contribution in [1.82, 2.24) is 4.90 Å². The lowest BCUT2D eigenvalue weighted by molar-refractivity contribution is -0.137. The van der Waals surface area contributed by atoms with Crippen LogP contribution in [0.3, 0.4) is 0 Å². The molecule has 0 radical (unpaired) electrons. The van der Waals surface area contributed by atoms with Crippen LogP contribution < -0.4 is 8.92 Å². The molecule has 0 saturated heterocycles. The molecule has 1 amide bonds. The number of nitrogens with zero attached hydrogens (tertiary/aromatic N) is 1. The van der Waals surface area contributed by atoms with Crippen molar-refractivity contribution in [1.29, 1.82) is 0 Å². The molecule has 7 nitrogen and oxygen atoms in total. The Hall–Kier alpha value is -3.57. The summed E-state index contributed by atoms with van der Waals surface area (Å²) in [7, 11) is -1.78. The van der Waals surface area contributed by atoms with Gasteiger partial charge in [0.2, 0.25) is 5.91 Å². The van der Waals surface area contributed by atoms with Crippen LogP contribution in [-0.4, -0.2) is 46.6 Å². The Bertz CT molecular complexity index is 1410. The van der Waals surface area contributed by atoms with Crippen molar-refractivity contribution >= 4 is 16.0 Å². The van der Waals surface area contributed by atoms with Crippen LogP contribution in [0, 0.1) is 5.92 Å². The summed E-state index contributed by atoms with van der Waals surface area (Å²) in [6.07, 6.45) is -3.99. The van der Waals surface area contributed by atoms with Gasteiger partial charge < -0.3 is 18.6 Å². The standard InChI is InChI=1S/C28H28F3NO6S/c1-36-14-13-32(27(33)24-17-23(24)20-7-4-3-5-8-20)18-19-11-12-25(37-2)26(15-19)38-39(34,35)22-10-6-9-21(16-22)28(29,30)31/h3-12,15-16,23-24H,13-14,17-18H2,1-2H3/t23-,24-/m0/s1. The summed E-state index contributed by atoms with van der Waals surface area (Å²) in [6.45, 7) is 0.764. The second kappa shape index (κ2) is 11.7. The van der Waals surface area contributed by atoms with Crippen molar-refractivity contribution in [2.45, 2.75) is 30.0 Å². The molecule has 1 fully saturated rings. The van der Waals surface area contributed by atoms with Gasteiger partial charge in [0.1, 0.15) is 4.90 Å². The van der Waals surface area contributed by atoms with Gasteiger partial charge in [-0.3, -0.25) is 4.79 Å². The average molecular weight is 564 g/mol. The van der Waals surface area contributed by atoms with Crippen LogP contribution >= 0.6 is 0 Å². The predicted octanol–water partition coefficient (Wildman–Crippen LogP) is 5.26. The van der Waals surface area contributed by atoms with Crippen LogP contribution in [0.2, 0.25) is 0 Å². The molecule has 0 N–H and O–H groups in total. The molecule has 1 aliphatic carbocycles. The first-order chi connectivity index (χ1) is 18.5. The second-order valence-corrected chi connectivity index (χ2v) is 10.7. The number of rotatable bonds is 11. The Morgan fingerprint density at radius 1 is 0.974 bits per heavy atom. The quantitative estimate of drug-likeness (QED) is 0.296. The number of amides is 1. The normalized spacial score (nSPS) is 16.9. The molecular formula is C28H28F3NO6S. The molecule has 4 rings (SSSR count). The van der Waals surface area contributed by atoms with Gasteiger partial charge >= 0.3 is 16.3 Å². The van der Waals surface area contributed by atoms with Crippen molar-refractivity contribution in [3.05, 3.63) is 89.5 Å². The third-order valence-electron chi connectivity index (χ3n) is 6.46. The fourth-order valence-electron chi connectivity index (χ4n) is 4.34. The summed E-state index contributed by atoms with van der Waals surface area (Å²) < 4.78 is 80.7. The highest BCUT2D eigenvalue weighted by molar-refractivity contribution is 7.87. The van der Waals surface area contributed by atoms with E-state index in [1.807, 2.05) is 30.3 Å². The van der Waals surface area contributed by atoms with E-state index >= 15 is 0 Å². The summed E-state index contributed by atoms with van der Waals surface area (Å²) in [4.78, 5) is 14.4. The minimum absolute atomic E-state index is 0.0456. The second-order valence-electron chi connectivity index (χ2n) is 9.16. The van der Waals surface area contributed by atoms with Crippen LogP contribution in [0.15, 0.2) is 77.7 Å². The molecule has 39 heavy (non-hydrogen) atoms. The largest absolute Gasteiger partial charge is 0.493 e. The van der Waals surface area contributed by atoms with Gasteiger partial charge in [0.25, 0.3) is 0 Å². The van der Waals surface area contributed by atoms with Gasteiger partial charge in [-0.1, -0.05) is 42.5 Å². The molecule has 3 aromatic rings. The number of ether oxygens (including phenoxy) is 2. The first-order valence-corrected chi connectivity index (χ1v) is 13.6. The molecule has 0 bridgehead atoms. The van der Waals surface area contributed by atoms with Gasteiger partial charge in [0.15, 0.2) is 11.5 Å². The molecule has 2 atom stereocenters. The number of carbonyl (C=O) groups excluding carboxylic acids is 1. The summed E-state index contributed by atoms with van der Waals surface area (Å²) in [5.74, 6) is -0.220. The van der Waals surface area contributed by atoms with E-state index in [4.69, 9.17) is 13.7 Å². The predicted molar refractivity (Wildman–Crippen MR) is 137 cm³/mol. The van der Waals surface area contributed by atoms with E-state index in [1.165, 1.54) is 26.4 Å². The highest BCUT2D eigenvalue weighted by Gasteiger charge is 2.45. The fraction of sp³-hybridized carbons (Fsp3) is 0.321. The maximum atomic E-state index is 13.4. The lowest BCUT2D eigenvalue weighted by atomic mass is 10.1. The molecule has 208 valence electrons. The zero-order valence-electron chi connectivity index (χ0n) is 21.4. The highest BCUT2D eigenvalue weighted by Crippen LogP contribution is 2.48. The van der Waals surface area contributed by atoms with Crippen LogP contribution in [0.25, 0.3) is 0 Å². The Labute approximate surface area is 225 Å². The van der Waals surface area contributed by atoms with E-state index in [0.717, 1.165) is 30.2 Å². The average Bonchev–Trinajstić information content (AvgIpc) is 3.72. The van der Waals surface area contributed by atoms with Crippen molar-refractivity contribution in [3.8, 4) is 11.5 Å². The van der Waals surface area contributed by atoms with E-state index in [-0.39, 0.29) is 35.8 Å². The fourth-order valence-corrected chi connectivity index (χ4v) is 5.32. The number of alkyl halides is 3. The summed E-state index contributed by atoms with van der Waals surface area (Å²) in [5, 5.41) is 0. The van der Waals surface area contributed by atoms with Gasteiger partial charge in [-0.25, -0.2) is 0 Å². The van der Waals surface area contributed by atoms with Crippen molar-refractivity contribution in [3.63, 3.8) is 0 Å². The minimum atomic E-state index is -4.72. The number of methoxy groups -OCH3 is 2. The third kappa shape index (κ3) is 6.90. The van der Waals surface area contributed by atoms with Crippen LogP contribution in [0.5, 0.6) is 11.5 Å².